The van der Waals surface area contributed by atoms with Crippen LogP contribution in [-0.4, -0.2) is 41.7 Å². The number of fused-ring (bicyclic) bond motifs is 7. The minimum absolute atomic E-state index is 0.0467. The van der Waals surface area contributed by atoms with Crippen LogP contribution in [0.25, 0.3) is 77.2 Å². The Morgan fingerprint density at radius 3 is 1.70 bits per heavy atom. The van der Waals surface area contributed by atoms with Crippen LogP contribution in [-0.2, 0) is 15.9 Å². The summed E-state index contributed by atoms with van der Waals surface area (Å²) in [5.74, 6) is 1.42. The Bertz CT molecular complexity index is 4350. The van der Waals surface area contributed by atoms with Crippen molar-refractivity contribution in [1.29, 1.82) is 0 Å². The van der Waals surface area contributed by atoms with Gasteiger partial charge in [0, 0.05) is 68.9 Å². The molecule has 2 unspecified atom stereocenters. The number of hydrogen-bond acceptors (Lipinski definition) is 5. The molecule has 82 heavy (non-hydrogen) atoms. The summed E-state index contributed by atoms with van der Waals surface area (Å²) in [6, 6.07) is 84.9. The van der Waals surface area contributed by atoms with Crippen molar-refractivity contribution >= 4 is 60.7 Å². The maximum absolute atomic E-state index is 6.52. The smallest absolute Gasteiger partial charge is 0.125 e. The van der Waals surface area contributed by atoms with Crippen LogP contribution in [0.4, 0.5) is 17.1 Å². The van der Waals surface area contributed by atoms with Gasteiger partial charge in [0.2, 0.25) is 0 Å². The van der Waals surface area contributed by atoms with Gasteiger partial charge in [0.05, 0.1) is 53.2 Å². The lowest BCUT2D eigenvalue weighted by Gasteiger charge is -2.29. The third-order valence-corrected chi connectivity index (χ3v) is 16.1. The van der Waals surface area contributed by atoms with Gasteiger partial charge in [-0.05, 0) is 119 Å². The van der Waals surface area contributed by atoms with Crippen molar-refractivity contribution in [2.24, 2.45) is 0 Å². The molecule has 7 heteroatoms. The van der Waals surface area contributed by atoms with Gasteiger partial charge in [-0.2, -0.15) is 0 Å². The van der Waals surface area contributed by atoms with E-state index in [1.807, 2.05) is 12.1 Å². The number of nitrogens with zero attached hydrogens (tertiary/aromatic N) is 3. The van der Waals surface area contributed by atoms with E-state index < -0.39 is 0 Å². The molecule has 0 radical (unpaired) electrons. The fourth-order valence-corrected chi connectivity index (χ4v) is 12.1. The highest BCUT2D eigenvalue weighted by molar-refractivity contribution is 6.11. The van der Waals surface area contributed by atoms with Gasteiger partial charge < -0.3 is 33.0 Å². The molecule has 2 aromatic heterocycles. The first kappa shape index (κ1) is 50.6. The summed E-state index contributed by atoms with van der Waals surface area (Å²) in [7, 11) is 0. The molecule has 0 bridgehead atoms. The summed E-state index contributed by atoms with van der Waals surface area (Å²) >= 11 is 0. The van der Waals surface area contributed by atoms with Crippen LogP contribution in [0.15, 0.2) is 273 Å². The van der Waals surface area contributed by atoms with Crippen LogP contribution in [0.1, 0.15) is 30.1 Å². The predicted molar refractivity (Wildman–Crippen MR) is 337 cm³/mol. The largest absolute Gasteiger partial charge is 0.491 e. The molecule has 0 saturated heterocycles. The summed E-state index contributed by atoms with van der Waals surface area (Å²) in [6.45, 7) is 5.91. The van der Waals surface area contributed by atoms with Crippen molar-refractivity contribution in [3.05, 3.63) is 284 Å². The lowest BCUT2D eigenvalue weighted by atomic mass is 9.85. The highest BCUT2D eigenvalue weighted by atomic mass is 16.5. The second-order valence-electron chi connectivity index (χ2n) is 21.3. The lowest BCUT2D eigenvalue weighted by molar-refractivity contribution is 0.0193. The monoisotopic (exact) mass is 1070 g/mol. The second-order valence-corrected chi connectivity index (χ2v) is 21.3. The minimum atomic E-state index is 0.0467. The Morgan fingerprint density at radius 2 is 0.976 bits per heavy atom. The Hall–Kier alpha value is -9.66. The molecular weight excluding hydrogens is 1010 g/mol. The van der Waals surface area contributed by atoms with Crippen molar-refractivity contribution in [1.82, 2.24) is 9.13 Å². The highest BCUT2D eigenvalue weighted by Crippen LogP contribution is 2.43. The molecule has 400 valence electrons. The normalized spacial score (nSPS) is 15.7. The molecule has 0 N–H and O–H groups in total. The van der Waals surface area contributed by atoms with E-state index in [-0.39, 0.29) is 12.2 Å². The van der Waals surface area contributed by atoms with E-state index in [0.717, 1.165) is 91.7 Å². The van der Waals surface area contributed by atoms with Crippen molar-refractivity contribution in [3.63, 3.8) is 0 Å². The minimum Gasteiger partial charge on any atom is -0.491 e. The number of allylic oxidation sites excluding steroid dienone is 3. The van der Waals surface area contributed by atoms with Gasteiger partial charge >= 0.3 is 0 Å². The Balaban J connectivity index is 0.791. The first-order valence-corrected chi connectivity index (χ1v) is 28.5. The van der Waals surface area contributed by atoms with Gasteiger partial charge in [-0.25, -0.2) is 0 Å². The van der Waals surface area contributed by atoms with E-state index in [9.17, 15) is 0 Å². The summed E-state index contributed by atoms with van der Waals surface area (Å²) in [6.07, 6.45) is 11.0. The number of rotatable bonds is 17. The summed E-state index contributed by atoms with van der Waals surface area (Å²) < 4.78 is 30.4. The molecule has 2 heterocycles. The van der Waals surface area contributed by atoms with E-state index in [0.29, 0.717) is 37.9 Å². The maximum Gasteiger partial charge on any atom is 0.125 e. The van der Waals surface area contributed by atoms with Crippen molar-refractivity contribution in [2.45, 2.75) is 31.5 Å². The van der Waals surface area contributed by atoms with Crippen LogP contribution < -0.4 is 14.4 Å². The molecule has 2 atom stereocenters. The fraction of sp³-hybridized carbons (Fsp3) is 0.120. The molecule has 0 saturated carbocycles. The van der Waals surface area contributed by atoms with E-state index in [2.05, 4.69) is 269 Å². The van der Waals surface area contributed by atoms with E-state index in [4.69, 9.17) is 18.9 Å². The zero-order chi connectivity index (χ0) is 54.8. The number of anilines is 3. The number of benzene rings is 10. The van der Waals surface area contributed by atoms with Crippen LogP contribution in [0.2, 0.25) is 0 Å². The third-order valence-electron chi connectivity index (χ3n) is 16.1. The molecule has 10 aromatic carbocycles. The molecule has 0 amide bonds. The summed E-state index contributed by atoms with van der Waals surface area (Å²) in [4.78, 5) is 2.37. The maximum atomic E-state index is 6.52. The lowest BCUT2D eigenvalue weighted by Crippen LogP contribution is -2.22. The molecule has 2 aliphatic carbocycles. The Morgan fingerprint density at radius 1 is 0.415 bits per heavy atom. The predicted octanol–water partition coefficient (Wildman–Crippen LogP) is 18.6. The van der Waals surface area contributed by atoms with Crippen LogP contribution in [0.3, 0.4) is 0 Å². The zero-order valence-electron chi connectivity index (χ0n) is 45.6. The van der Waals surface area contributed by atoms with Crippen molar-refractivity contribution in [3.8, 4) is 45.1 Å². The third kappa shape index (κ3) is 10.1. The standard InChI is InChI=1S/C75H61N3O4/c1-52-17-5-2-10-23-63(45-52)79-41-42-80-64-48-62(49-65(51-64)81-43-44-82-75-47-57-20-11-12-24-66(57)75)78-72-28-16-14-26-68(72)70-46-56(33-40-73(70)78)55-31-36-60(37-32-55)76(59-34-29-54(30-35-59)53-18-6-3-7-19-53)61-38-39-69-67-25-13-15-27-71(67)77(74(69)50-61)58-21-8-4-9-22-58/h2-22,24-40,46,48-51,63,75H,1,23,41-45,47H2/b10-2-,17-5-. The van der Waals surface area contributed by atoms with Crippen LogP contribution >= 0.6 is 0 Å². The molecule has 12 aromatic rings. The van der Waals surface area contributed by atoms with Gasteiger partial charge in [0.15, 0.2) is 0 Å². The van der Waals surface area contributed by atoms with Gasteiger partial charge in [-0.15, -0.1) is 0 Å². The number of aromatic nitrogens is 2. The van der Waals surface area contributed by atoms with E-state index >= 15 is 0 Å². The molecule has 2 aliphatic rings. The topological polar surface area (TPSA) is 50.0 Å². The van der Waals surface area contributed by atoms with Crippen molar-refractivity contribution in [2.75, 3.05) is 31.3 Å². The molecule has 0 fully saturated rings. The molecule has 0 spiro atoms. The average Bonchev–Trinajstić information content (AvgIpc) is 3.36. The molecule has 14 rings (SSSR count). The second kappa shape index (κ2) is 22.5. The number of para-hydroxylation sites is 3. The van der Waals surface area contributed by atoms with Crippen LogP contribution in [0, 0.1) is 0 Å². The molecular formula is C75H61N3O4. The van der Waals surface area contributed by atoms with Gasteiger partial charge in [-0.1, -0.05) is 182 Å². The van der Waals surface area contributed by atoms with Gasteiger partial charge in [0.25, 0.3) is 0 Å². The average molecular weight is 1070 g/mol. The SMILES string of the molecule is C=C1/C=C\C=C/CC(OCCOc2cc(OCCOC3Cc4ccccc43)cc(-n3c4ccccc4c4cc(-c5ccc(N(c6ccc(-c7ccccc7)cc6)c6ccc7c8ccccc8n(-c8ccccc8)c7c6)cc5)ccc43)c2)C1. The van der Waals surface area contributed by atoms with E-state index in [1.165, 1.54) is 38.5 Å². The van der Waals surface area contributed by atoms with Gasteiger partial charge in [-0.3, -0.25) is 0 Å². The number of hydrogen-bond donors (Lipinski definition) is 0. The number of ether oxygens (including phenoxy) is 4. The van der Waals surface area contributed by atoms with Crippen molar-refractivity contribution < 1.29 is 18.9 Å². The zero-order valence-corrected chi connectivity index (χ0v) is 45.6. The Labute approximate surface area is 478 Å². The van der Waals surface area contributed by atoms with E-state index in [1.54, 1.807) is 0 Å². The van der Waals surface area contributed by atoms with Crippen LogP contribution in [0.5, 0.6) is 11.5 Å². The first-order chi connectivity index (χ1) is 40.6. The first-order valence-electron chi connectivity index (χ1n) is 28.5. The van der Waals surface area contributed by atoms with Gasteiger partial charge in [0.1, 0.15) is 24.7 Å². The molecule has 0 aliphatic heterocycles. The fourth-order valence-electron chi connectivity index (χ4n) is 12.1. The Kier molecular flexibility index (Phi) is 13.9. The highest BCUT2D eigenvalue weighted by Gasteiger charge is 2.26. The summed E-state index contributed by atoms with van der Waals surface area (Å²) in [5, 5.41) is 4.75. The summed E-state index contributed by atoms with van der Waals surface area (Å²) in [5.41, 5.74) is 18.1. The quantitative estimate of drug-likeness (QED) is 0.0851. The molecule has 7 nitrogen and oxygen atoms in total.